The number of hydrogen-bond donors (Lipinski definition) is 3. The average molecular weight is 512 g/mol. The van der Waals surface area contributed by atoms with Crippen molar-refractivity contribution in [3.63, 3.8) is 0 Å². The third kappa shape index (κ3) is 4.06. The number of nitrogens with zero attached hydrogens (tertiary/aromatic N) is 4. The zero-order valence-electron chi connectivity index (χ0n) is 21.7. The first kappa shape index (κ1) is 23.4. The van der Waals surface area contributed by atoms with Crippen molar-refractivity contribution in [2.45, 2.75) is 32.0 Å². The molecule has 0 aromatic carbocycles. The largest absolute Gasteiger partial charge is 0.381 e. The Balaban J connectivity index is 1.19. The van der Waals surface area contributed by atoms with Gasteiger partial charge in [-0.05, 0) is 56.1 Å². The van der Waals surface area contributed by atoms with Gasteiger partial charge in [0.25, 0.3) is 5.91 Å². The first-order chi connectivity index (χ1) is 18.7. The molecule has 7 heterocycles. The summed E-state index contributed by atoms with van der Waals surface area (Å²) in [5.74, 6) is 0.365. The van der Waals surface area contributed by atoms with E-state index in [2.05, 4.69) is 44.1 Å². The van der Waals surface area contributed by atoms with Gasteiger partial charge in [0, 0.05) is 67.3 Å². The molecule has 0 saturated carbocycles. The van der Waals surface area contributed by atoms with Crippen LogP contribution in [0.3, 0.4) is 0 Å². The molecule has 0 spiro atoms. The van der Waals surface area contributed by atoms with E-state index in [-0.39, 0.29) is 12.1 Å². The Morgan fingerprint density at radius 1 is 1.21 bits per heavy atom. The highest BCUT2D eigenvalue weighted by Crippen LogP contribution is 2.36. The highest BCUT2D eigenvalue weighted by atomic mass is 16.5. The summed E-state index contributed by atoms with van der Waals surface area (Å²) in [5.41, 5.74) is 7.67. The molecule has 2 atom stereocenters. The lowest BCUT2D eigenvalue weighted by Crippen LogP contribution is -2.41. The summed E-state index contributed by atoms with van der Waals surface area (Å²) < 4.78 is 7.70. The van der Waals surface area contributed by atoms with Gasteiger partial charge in [-0.1, -0.05) is 6.08 Å². The fourth-order valence-electron chi connectivity index (χ4n) is 6.29. The van der Waals surface area contributed by atoms with Crippen LogP contribution >= 0.6 is 0 Å². The predicted octanol–water partition coefficient (Wildman–Crippen LogP) is 3.16. The van der Waals surface area contributed by atoms with Gasteiger partial charge in [0.1, 0.15) is 11.8 Å². The number of rotatable bonds is 6. The van der Waals surface area contributed by atoms with E-state index in [0.717, 1.165) is 72.8 Å². The standard InChI is InChI=1S/C29H33N7O2/c1-35-12-7-21-20(6-9-30-28(21)35)27-22-14-32-29(37)26(22)23(15-31-27)33-25-5-4-19(18-8-13-38-17-18)24(34-25)16-36-10-2-3-11-36/h4-7,9,12,15,18,25,33-34H,2-3,8,10-11,13-14,16-17H2,1H3,(H,32,37). The number of hydrogen-bond acceptors (Lipinski definition) is 7. The van der Waals surface area contributed by atoms with E-state index >= 15 is 0 Å². The van der Waals surface area contributed by atoms with Gasteiger partial charge in [0.05, 0.1) is 29.7 Å². The SMILES string of the molecule is Cn1ccc2c(-c3ncc(NC4C=CC(C5CCOC5)=C(CN5CCCC5)N4)c4c3CNC4=O)ccnc21. The first-order valence-electron chi connectivity index (χ1n) is 13.6. The van der Waals surface area contributed by atoms with Crippen LogP contribution in [0.15, 0.2) is 54.1 Å². The van der Waals surface area contributed by atoms with Crippen molar-refractivity contribution >= 4 is 22.6 Å². The second-order valence-electron chi connectivity index (χ2n) is 10.7. The van der Waals surface area contributed by atoms with E-state index in [9.17, 15) is 4.79 Å². The number of carbonyl (C=O) groups excluding carboxylic acids is 1. The van der Waals surface area contributed by atoms with Crippen LogP contribution < -0.4 is 16.0 Å². The number of dihydropyridines is 1. The average Bonchev–Trinajstić information content (AvgIpc) is 3.74. The Hall–Kier alpha value is -3.69. The molecule has 4 aliphatic rings. The monoisotopic (exact) mass is 511 g/mol. The predicted molar refractivity (Wildman–Crippen MR) is 146 cm³/mol. The molecule has 1 amide bonds. The molecule has 3 aromatic heterocycles. The smallest absolute Gasteiger partial charge is 0.254 e. The summed E-state index contributed by atoms with van der Waals surface area (Å²) >= 11 is 0. The summed E-state index contributed by atoms with van der Waals surface area (Å²) in [7, 11) is 1.98. The van der Waals surface area contributed by atoms with Gasteiger partial charge >= 0.3 is 0 Å². The van der Waals surface area contributed by atoms with Gasteiger partial charge in [-0.2, -0.15) is 0 Å². The molecule has 38 heavy (non-hydrogen) atoms. The Bertz CT molecular complexity index is 1460. The maximum Gasteiger partial charge on any atom is 0.254 e. The third-order valence-corrected chi connectivity index (χ3v) is 8.26. The molecular weight excluding hydrogens is 478 g/mol. The Labute approximate surface area is 222 Å². The van der Waals surface area contributed by atoms with Crippen LogP contribution in [-0.4, -0.2) is 64.4 Å². The van der Waals surface area contributed by atoms with Gasteiger partial charge in [-0.3, -0.25) is 14.7 Å². The van der Waals surface area contributed by atoms with Crippen molar-refractivity contribution in [3.8, 4) is 11.3 Å². The van der Waals surface area contributed by atoms with Crippen LogP contribution in [0, 0.1) is 5.92 Å². The maximum absolute atomic E-state index is 13.0. The first-order valence-corrected chi connectivity index (χ1v) is 13.6. The number of fused-ring (bicyclic) bond motifs is 2. The zero-order chi connectivity index (χ0) is 25.6. The second kappa shape index (κ2) is 9.56. The maximum atomic E-state index is 13.0. The van der Waals surface area contributed by atoms with Gasteiger partial charge in [0.15, 0.2) is 0 Å². The molecule has 7 rings (SSSR count). The van der Waals surface area contributed by atoms with E-state index in [1.165, 1.54) is 24.1 Å². The number of ether oxygens (including phenoxy) is 1. The molecule has 2 fully saturated rings. The number of aryl methyl sites for hydroxylation is 1. The zero-order valence-corrected chi connectivity index (χ0v) is 21.7. The van der Waals surface area contributed by atoms with Crippen molar-refractivity contribution in [2.75, 3.05) is 38.2 Å². The van der Waals surface area contributed by atoms with E-state index in [4.69, 9.17) is 9.72 Å². The summed E-state index contributed by atoms with van der Waals surface area (Å²) in [6.45, 7) is 5.27. The molecular formula is C29H33N7O2. The minimum Gasteiger partial charge on any atom is -0.381 e. The molecule has 9 heteroatoms. The van der Waals surface area contributed by atoms with Crippen LogP contribution in [0.5, 0.6) is 0 Å². The van der Waals surface area contributed by atoms with Crippen LogP contribution in [0.2, 0.25) is 0 Å². The normalized spacial score (nSPS) is 23.2. The number of allylic oxidation sites excluding steroid dienone is 1. The molecule has 2 saturated heterocycles. The summed E-state index contributed by atoms with van der Waals surface area (Å²) in [6, 6.07) is 4.04. The number of anilines is 1. The van der Waals surface area contributed by atoms with Crippen LogP contribution in [0.1, 0.15) is 35.2 Å². The fourth-order valence-corrected chi connectivity index (χ4v) is 6.29. The van der Waals surface area contributed by atoms with E-state index in [1.54, 1.807) is 12.4 Å². The molecule has 196 valence electrons. The van der Waals surface area contributed by atoms with E-state index in [1.807, 2.05) is 23.9 Å². The minimum absolute atomic E-state index is 0.0686. The summed E-state index contributed by atoms with van der Waals surface area (Å²) in [4.78, 5) is 25.0. The fraction of sp³-hybridized carbons (Fsp3) is 0.414. The quantitative estimate of drug-likeness (QED) is 0.468. The van der Waals surface area contributed by atoms with Crippen LogP contribution in [0.25, 0.3) is 22.3 Å². The number of likely N-dealkylation sites (tertiary alicyclic amines) is 1. The Morgan fingerprint density at radius 2 is 2.11 bits per heavy atom. The van der Waals surface area contributed by atoms with E-state index < -0.39 is 0 Å². The van der Waals surface area contributed by atoms with Crippen molar-refractivity contribution in [1.82, 2.24) is 30.1 Å². The highest BCUT2D eigenvalue weighted by molar-refractivity contribution is 6.06. The van der Waals surface area contributed by atoms with Crippen LogP contribution in [-0.2, 0) is 18.3 Å². The second-order valence-corrected chi connectivity index (χ2v) is 10.7. The van der Waals surface area contributed by atoms with Crippen molar-refractivity contribution < 1.29 is 9.53 Å². The van der Waals surface area contributed by atoms with E-state index in [0.29, 0.717) is 18.0 Å². The molecule has 0 bridgehead atoms. The lowest BCUT2D eigenvalue weighted by atomic mass is 9.93. The third-order valence-electron chi connectivity index (χ3n) is 8.26. The van der Waals surface area contributed by atoms with Crippen LogP contribution in [0.4, 0.5) is 5.69 Å². The molecule has 0 aliphatic carbocycles. The Morgan fingerprint density at radius 3 is 2.95 bits per heavy atom. The Kier molecular flexibility index (Phi) is 5.89. The highest BCUT2D eigenvalue weighted by Gasteiger charge is 2.30. The summed E-state index contributed by atoms with van der Waals surface area (Å²) in [5, 5.41) is 11.4. The molecule has 4 aliphatic heterocycles. The van der Waals surface area contributed by atoms with Gasteiger partial charge in [-0.25, -0.2) is 4.98 Å². The molecule has 3 aromatic rings. The molecule has 9 nitrogen and oxygen atoms in total. The van der Waals surface area contributed by atoms with Crippen molar-refractivity contribution in [1.29, 1.82) is 0 Å². The number of aromatic nitrogens is 3. The van der Waals surface area contributed by atoms with Gasteiger partial charge in [0.2, 0.25) is 0 Å². The molecule has 2 unspecified atom stereocenters. The lowest BCUT2D eigenvalue weighted by Gasteiger charge is -2.31. The van der Waals surface area contributed by atoms with Crippen molar-refractivity contribution in [2.24, 2.45) is 13.0 Å². The number of amides is 1. The number of nitrogens with one attached hydrogen (secondary N) is 3. The number of carbonyl (C=O) groups is 1. The van der Waals surface area contributed by atoms with Crippen molar-refractivity contribution in [3.05, 3.63) is 65.3 Å². The summed E-state index contributed by atoms with van der Waals surface area (Å²) in [6.07, 6.45) is 13.5. The van der Waals surface area contributed by atoms with Gasteiger partial charge < -0.3 is 25.3 Å². The molecule has 3 N–H and O–H groups in total. The molecule has 0 radical (unpaired) electrons. The lowest BCUT2D eigenvalue weighted by molar-refractivity contribution is 0.0966. The minimum atomic E-state index is -0.134. The van der Waals surface area contributed by atoms with Gasteiger partial charge in [-0.15, -0.1) is 0 Å². The topological polar surface area (TPSA) is 96.3 Å². The number of pyridine rings is 2.